The molecule has 21 heavy (non-hydrogen) atoms. The molecule has 0 saturated carbocycles. The number of nitrogens with two attached hydrogens (primary N) is 1. The number of nitrogens with zero attached hydrogens (tertiary/aromatic N) is 3. The number of nitriles is 1. The molecule has 1 heterocycles. The SMILES string of the molecule is CCCn1nc(OCc2ccc(C)c(C)c2)c(C#N)c1N. The molecule has 0 unspecified atom stereocenters. The van der Waals surface area contributed by atoms with Gasteiger partial charge in [0.1, 0.15) is 18.5 Å². The van der Waals surface area contributed by atoms with E-state index in [2.05, 4.69) is 37.1 Å². The second kappa shape index (κ2) is 6.31. The van der Waals surface area contributed by atoms with Crippen LogP contribution in [-0.4, -0.2) is 9.78 Å². The number of aryl methyl sites for hydroxylation is 3. The normalized spacial score (nSPS) is 10.4. The lowest BCUT2D eigenvalue weighted by atomic mass is 10.1. The second-order valence-electron chi connectivity index (χ2n) is 5.11. The van der Waals surface area contributed by atoms with Crippen LogP contribution in [0.4, 0.5) is 5.82 Å². The van der Waals surface area contributed by atoms with E-state index in [0.717, 1.165) is 12.0 Å². The van der Waals surface area contributed by atoms with Gasteiger partial charge < -0.3 is 10.5 Å². The maximum atomic E-state index is 9.20. The molecule has 2 aromatic rings. The van der Waals surface area contributed by atoms with Gasteiger partial charge in [0.05, 0.1) is 0 Å². The Labute approximate surface area is 124 Å². The molecule has 0 atom stereocenters. The van der Waals surface area contributed by atoms with Gasteiger partial charge in [-0.1, -0.05) is 25.1 Å². The molecule has 0 radical (unpaired) electrons. The lowest BCUT2D eigenvalue weighted by Gasteiger charge is -2.06. The van der Waals surface area contributed by atoms with Crippen molar-refractivity contribution >= 4 is 5.82 Å². The number of nitrogen functional groups attached to an aromatic ring is 1. The van der Waals surface area contributed by atoms with E-state index in [1.54, 1.807) is 4.68 Å². The molecule has 5 heteroatoms. The number of rotatable bonds is 5. The fourth-order valence-corrected chi connectivity index (χ4v) is 2.09. The van der Waals surface area contributed by atoms with Crippen molar-refractivity contribution in [2.45, 2.75) is 40.3 Å². The van der Waals surface area contributed by atoms with Crippen molar-refractivity contribution in [2.24, 2.45) is 0 Å². The summed E-state index contributed by atoms with van der Waals surface area (Å²) in [6.45, 7) is 7.21. The van der Waals surface area contributed by atoms with Crippen LogP contribution in [0.5, 0.6) is 5.88 Å². The number of benzene rings is 1. The largest absolute Gasteiger partial charge is 0.471 e. The van der Waals surface area contributed by atoms with Gasteiger partial charge in [-0.15, -0.1) is 5.10 Å². The maximum absolute atomic E-state index is 9.20. The number of anilines is 1. The average Bonchev–Trinajstić information content (AvgIpc) is 2.76. The van der Waals surface area contributed by atoms with E-state index in [1.165, 1.54) is 11.1 Å². The maximum Gasteiger partial charge on any atom is 0.253 e. The van der Waals surface area contributed by atoms with Gasteiger partial charge in [-0.2, -0.15) is 5.26 Å². The molecule has 0 saturated heterocycles. The third-order valence-electron chi connectivity index (χ3n) is 3.45. The first-order valence-corrected chi connectivity index (χ1v) is 7.02. The van der Waals surface area contributed by atoms with Crippen molar-refractivity contribution in [1.29, 1.82) is 5.26 Å². The first-order valence-electron chi connectivity index (χ1n) is 7.02. The van der Waals surface area contributed by atoms with Crippen LogP contribution in [0.15, 0.2) is 18.2 Å². The van der Waals surface area contributed by atoms with Crippen LogP contribution in [-0.2, 0) is 13.2 Å². The van der Waals surface area contributed by atoms with E-state index in [9.17, 15) is 5.26 Å². The molecule has 0 aliphatic rings. The molecule has 0 bridgehead atoms. The van der Waals surface area contributed by atoms with E-state index < -0.39 is 0 Å². The van der Waals surface area contributed by atoms with E-state index in [1.807, 2.05) is 13.0 Å². The Morgan fingerprint density at radius 3 is 2.71 bits per heavy atom. The van der Waals surface area contributed by atoms with E-state index in [-0.39, 0.29) is 0 Å². The van der Waals surface area contributed by atoms with Gasteiger partial charge in [0.25, 0.3) is 5.88 Å². The van der Waals surface area contributed by atoms with Gasteiger partial charge in [-0.3, -0.25) is 0 Å². The van der Waals surface area contributed by atoms with Crippen molar-refractivity contribution in [3.8, 4) is 11.9 Å². The van der Waals surface area contributed by atoms with Gasteiger partial charge in [0.2, 0.25) is 0 Å². The van der Waals surface area contributed by atoms with Crippen LogP contribution in [0, 0.1) is 25.2 Å². The lowest BCUT2D eigenvalue weighted by Crippen LogP contribution is -2.04. The fraction of sp³-hybridized carbons (Fsp3) is 0.375. The third-order valence-corrected chi connectivity index (χ3v) is 3.45. The van der Waals surface area contributed by atoms with Crippen LogP contribution < -0.4 is 10.5 Å². The minimum absolute atomic E-state index is 0.307. The van der Waals surface area contributed by atoms with E-state index in [4.69, 9.17) is 10.5 Å². The Morgan fingerprint density at radius 1 is 1.33 bits per heavy atom. The molecular weight excluding hydrogens is 264 g/mol. The Bertz CT molecular complexity index is 682. The molecule has 0 fully saturated rings. The molecular formula is C16H20N4O. The monoisotopic (exact) mass is 284 g/mol. The van der Waals surface area contributed by atoms with E-state index >= 15 is 0 Å². The Balaban J connectivity index is 2.18. The van der Waals surface area contributed by atoms with Crippen LogP contribution in [0.3, 0.4) is 0 Å². The summed E-state index contributed by atoms with van der Waals surface area (Å²) in [7, 11) is 0. The Kier molecular flexibility index (Phi) is 4.49. The van der Waals surface area contributed by atoms with Gasteiger partial charge in [0, 0.05) is 6.54 Å². The summed E-state index contributed by atoms with van der Waals surface area (Å²) in [5, 5.41) is 13.5. The number of ether oxygens (including phenoxy) is 1. The number of hydrogen-bond donors (Lipinski definition) is 1. The van der Waals surface area contributed by atoms with Gasteiger partial charge in [-0.05, 0) is 37.0 Å². The molecule has 0 amide bonds. The van der Waals surface area contributed by atoms with Crippen molar-refractivity contribution in [3.63, 3.8) is 0 Å². The zero-order valence-corrected chi connectivity index (χ0v) is 12.7. The highest BCUT2D eigenvalue weighted by Gasteiger charge is 2.16. The summed E-state index contributed by atoms with van der Waals surface area (Å²) >= 11 is 0. The summed E-state index contributed by atoms with van der Waals surface area (Å²) in [4.78, 5) is 0. The number of hydrogen-bond acceptors (Lipinski definition) is 4. The second-order valence-corrected chi connectivity index (χ2v) is 5.11. The zero-order chi connectivity index (χ0) is 15.4. The average molecular weight is 284 g/mol. The highest BCUT2D eigenvalue weighted by Crippen LogP contribution is 2.24. The van der Waals surface area contributed by atoms with Crippen molar-refractivity contribution in [2.75, 3.05) is 5.73 Å². The lowest BCUT2D eigenvalue weighted by molar-refractivity contribution is 0.288. The van der Waals surface area contributed by atoms with Crippen LogP contribution in [0.2, 0.25) is 0 Å². The predicted molar refractivity (Wildman–Crippen MR) is 81.9 cm³/mol. The van der Waals surface area contributed by atoms with Crippen molar-refractivity contribution in [3.05, 3.63) is 40.5 Å². The smallest absolute Gasteiger partial charge is 0.253 e. The minimum atomic E-state index is 0.307. The standard InChI is InChI=1S/C16H20N4O/c1-4-7-20-15(18)14(9-17)16(19-20)21-10-13-6-5-11(2)12(3)8-13/h5-6,8H,4,7,10,18H2,1-3H3. The molecule has 0 aliphatic heterocycles. The van der Waals surface area contributed by atoms with Crippen molar-refractivity contribution in [1.82, 2.24) is 9.78 Å². The molecule has 5 nitrogen and oxygen atoms in total. The molecule has 2 rings (SSSR count). The predicted octanol–water partition coefficient (Wildman–Crippen LogP) is 2.94. The highest BCUT2D eigenvalue weighted by atomic mass is 16.5. The van der Waals surface area contributed by atoms with Gasteiger partial charge in [0.15, 0.2) is 5.56 Å². The first kappa shape index (κ1) is 14.9. The summed E-state index contributed by atoms with van der Waals surface area (Å²) < 4.78 is 7.30. The number of aromatic nitrogens is 2. The first-order chi connectivity index (χ1) is 10.1. The summed E-state index contributed by atoms with van der Waals surface area (Å²) in [5.74, 6) is 0.677. The van der Waals surface area contributed by atoms with Crippen LogP contribution in [0.25, 0.3) is 0 Å². The topological polar surface area (TPSA) is 76.9 Å². The fourth-order valence-electron chi connectivity index (χ4n) is 2.09. The van der Waals surface area contributed by atoms with E-state index in [0.29, 0.717) is 30.4 Å². The molecule has 0 spiro atoms. The van der Waals surface area contributed by atoms with Crippen LogP contribution in [0.1, 0.15) is 35.6 Å². The molecule has 1 aromatic heterocycles. The molecule has 1 aromatic carbocycles. The van der Waals surface area contributed by atoms with Crippen molar-refractivity contribution < 1.29 is 4.74 Å². The molecule has 2 N–H and O–H groups in total. The molecule has 110 valence electrons. The quantitative estimate of drug-likeness (QED) is 0.915. The third kappa shape index (κ3) is 3.16. The van der Waals surface area contributed by atoms with Crippen LogP contribution >= 0.6 is 0 Å². The zero-order valence-electron chi connectivity index (χ0n) is 12.7. The Hall–Kier alpha value is -2.48. The summed E-state index contributed by atoms with van der Waals surface area (Å²) in [6, 6.07) is 8.22. The summed E-state index contributed by atoms with van der Waals surface area (Å²) in [6.07, 6.45) is 0.896. The summed E-state index contributed by atoms with van der Waals surface area (Å²) in [5.41, 5.74) is 9.73. The molecule has 0 aliphatic carbocycles. The van der Waals surface area contributed by atoms with Gasteiger partial charge in [-0.25, -0.2) is 4.68 Å². The van der Waals surface area contributed by atoms with Gasteiger partial charge >= 0.3 is 0 Å². The Morgan fingerprint density at radius 2 is 2.10 bits per heavy atom. The minimum Gasteiger partial charge on any atom is -0.471 e. The highest BCUT2D eigenvalue weighted by molar-refractivity contribution is 5.55.